The fraction of sp³-hybridized carbons (Fsp3) is 0.636. The van der Waals surface area contributed by atoms with Gasteiger partial charge in [0.25, 0.3) is 5.91 Å². The summed E-state index contributed by atoms with van der Waals surface area (Å²) in [5, 5.41) is 6.01. The monoisotopic (exact) mass is 328 g/mol. The van der Waals surface area contributed by atoms with E-state index in [0.717, 1.165) is 6.20 Å². The van der Waals surface area contributed by atoms with Gasteiger partial charge >= 0.3 is 6.18 Å². The third-order valence-corrected chi connectivity index (χ3v) is 2.90. The van der Waals surface area contributed by atoms with Crippen LogP contribution >= 0.6 is 12.4 Å². The number of aromatic nitrogens is 2. The van der Waals surface area contributed by atoms with E-state index in [1.165, 1.54) is 6.20 Å². The number of alkyl halides is 3. The third-order valence-electron chi connectivity index (χ3n) is 2.90. The Labute approximate surface area is 125 Å². The smallest absolute Gasteiger partial charge is 0.364 e. The van der Waals surface area contributed by atoms with Gasteiger partial charge in [-0.15, -0.1) is 12.4 Å². The molecule has 0 saturated carbocycles. The molecule has 1 amide bonds. The standard InChI is InChI=1S/C11H15F3N4O2.ClH/c12-11(13,14)6-18-5-7(4-16-18)17-10(19)9-2-1-8(3-15)20-9;/h4-5,8-9H,1-3,6,15H2,(H,17,19);1H/t8-,9+;/m1./s1. The van der Waals surface area contributed by atoms with Gasteiger partial charge in [-0.3, -0.25) is 9.48 Å². The van der Waals surface area contributed by atoms with Crippen LogP contribution in [0.2, 0.25) is 0 Å². The number of amides is 1. The molecule has 0 unspecified atom stereocenters. The topological polar surface area (TPSA) is 82.2 Å². The highest BCUT2D eigenvalue weighted by molar-refractivity contribution is 5.94. The molecule has 2 rings (SSSR count). The van der Waals surface area contributed by atoms with E-state index in [9.17, 15) is 18.0 Å². The molecule has 0 radical (unpaired) electrons. The molecule has 0 bridgehead atoms. The molecule has 0 spiro atoms. The van der Waals surface area contributed by atoms with Crippen LogP contribution in [0.4, 0.5) is 18.9 Å². The van der Waals surface area contributed by atoms with Crippen LogP contribution in [-0.2, 0) is 16.1 Å². The number of nitrogens with two attached hydrogens (primary N) is 1. The molecule has 2 atom stereocenters. The second-order valence-corrected chi connectivity index (χ2v) is 4.59. The summed E-state index contributed by atoms with van der Waals surface area (Å²) >= 11 is 0. The summed E-state index contributed by atoms with van der Waals surface area (Å²) in [5.74, 6) is -0.396. The summed E-state index contributed by atoms with van der Waals surface area (Å²) < 4.78 is 42.6. The molecule has 2 heterocycles. The largest absolute Gasteiger partial charge is 0.408 e. The van der Waals surface area contributed by atoms with E-state index in [0.29, 0.717) is 24.1 Å². The Morgan fingerprint density at radius 2 is 2.24 bits per heavy atom. The zero-order valence-electron chi connectivity index (χ0n) is 11.0. The highest BCUT2D eigenvalue weighted by Crippen LogP contribution is 2.21. The average Bonchev–Trinajstić information content (AvgIpc) is 2.96. The molecule has 3 N–H and O–H groups in total. The Morgan fingerprint density at radius 3 is 2.81 bits per heavy atom. The van der Waals surface area contributed by atoms with Crippen LogP contribution in [-0.4, -0.2) is 40.6 Å². The maximum absolute atomic E-state index is 12.2. The van der Waals surface area contributed by atoms with Crippen molar-refractivity contribution in [3.8, 4) is 0 Å². The molecule has 1 aliphatic heterocycles. The van der Waals surface area contributed by atoms with Gasteiger partial charge in [-0.1, -0.05) is 0 Å². The first-order chi connectivity index (χ1) is 9.37. The highest BCUT2D eigenvalue weighted by atomic mass is 35.5. The van der Waals surface area contributed by atoms with Gasteiger partial charge in [0.1, 0.15) is 12.6 Å². The lowest BCUT2D eigenvalue weighted by Gasteiger charge is -2.11. The van der Waals surface area contributed by atoms with E-state index >= 15 is 0 Å². The molecule has 0 aliphatic carbocycles. The minimum Gasteiger partial charge on any atom is -0.364 e. The van der Waals surface area contributed by atoms with Crippen LogP contribution in [0, 0.1) is 0 Å². The van der Waals surface area contributed by atoms with Crippen LogP contribution < -0.4 is 11.1 Å². The van der Waals surface area contributed by atoms with E-state index in [1.807, 2.05) is 0 Å². The number of halogens is 4. The van der Waals surface area contributed by atoms with E-state index in [-0.39, 0.29) is 24.2 Å². The van der Waals surface area contributed by atoms with E-state index < -0.39 is 24.7 Å². The van der Waals surface area contributed by atoms with Gasteiger partial charge in [-0.2, -0.15) is 18.3 Å². The fourth-order valence-electron chi connectivity index (χ4n) is 1.99. The van der Waals surface area contributed by atoms with Gasteiger partial charge in [-0.25, -0.2) is 0 Å². The predicted molar refractivity (Wildman–Crippen MR) is 71.1 cm³/mol. The zero-order valence-corrected chi connectivity index (χ0v) is 11.8. The SMILES string of the molecule is Cl.NC[C@H]1CC[C@@H](C(=O)Nc2cnn(CC(F)(F)F)c2)O1. The van der Waals surface area contributed by atoms with E-state index in [2.05, 4.69) is 10.4 Å². The molecule has 21 heavy (non-hydrogen) atoms. The quantitative estimate of drug-likeness (QED) is 0.873. The van der Waals surface area contributed by atoms with Crippen molar-refractivity contribution in [2.75, 3.05) is 11.9 Å². The van der Waals surface area contributed by atoms with Gasteiger partial charge < -0.3 is 15.8 Å². The molecular weight excluding hydrogens is 313 g/mol. The molecule has 1 saturated heterocycles. The van der Waals surface area contributed by atoms with Crippen molar-refractivity contribution >= 4 is 24.0 Å². The Balaban J connectivity index is 0.00000220. The van der Waals surface area contributed by atoms with Gasteiger partial charge in [-0.05, 0) is 12.8 Å². The number of hydrogen-bond acceptors (Lipinski definition) is 4. The number of ether oxygens (including phenoxy) is 1. The summed E-state index contributed by atoms with van der Waals surface area (Å²) in [6, 6.07) is 0. The minimum atomic E-state index is -4.35. The van der Waals surface area contributed by atoms with E-state index in [1.54, 1.807) is 0 Å². The van der Waals surface area contributed by atoms with Gasteiger partial charge in [0.2, 0.25) is 0 Å². The van der Waals surface area contributed by atoms with Gasteiger partial charge in [0, 0.05) is 12.7 Å². The molecule has 1 aromatic heterocycles. The summed E-state index contributed by atoms with van der Waals surface area (Å²) in [7, 11) is 0. The first-order valence-corrected chi connectivity index (χ1v) is 6.13. The first kappa shape index (κ1) is 17.7. The molecule has 120 valence electrons. The molecular formula is C11H16ClF3N4O2. The van der Waals surface area contributed by atoms with Crippen molar-refractivity contribution < 1.29 is 22.7 Å². The lowest BCUT2D eigenvalue weighted by molar-refractivity contribution is -0.142. The number of carbonyl (C=O) groups is 1. The summed E-state index contributed by atoms with van der Waals surface area (Å²) in [6.45, 7) is -0.856. The van der Waals surface area contributed by atoms with Crippen LogP contribution in [0.15, 0.2) is 12.4 Å². The van der Waals surface area contributed by atoms with Crippen LogP contribution in [0.5, 0.6) is 0 Å². The third kappa shape index (κ3) is 5.18. The van der Waals surface area contributed by atoms with Crippen molar-refractivity contribution in [2.45, 2.75) is 37.8 Å². The summed E-state index contributed by atoms with van der Waals surface area (Å²) in [6.07, 6.45) is -1.57. The van der Waals surface area contributed by atoms with Crippen molar-refractivity contribution in [1.82, 2.24) is 9.78 Å². The Bertz CT molecular complexity index is 480. The van der Waals surface area contributed by atoms with Crippen molar-refractivity contribution in [2.24, 2.45) is 5.73 Å². The second kappa shape index (κ2) is 7.10. The average molecular weight is 329 g/mol. The predicted octanol–water partition coefficient (Wildman–Crippen LogP) is 1.31. The number of carbonyl (C=O) groups excluding carboxylic acids is 1. The normalized spacial score (nSPS) is 21.9. The number of nitrogens with zero attached hydrogens (tertiary/aromatic N) is 2. The van der Waals surface area contributed by atoms with E-state index in [4.69, 9.17) is 10.5 Å². The van der Waals surface area contributed by atoms with Crippen molar-refractivity contribution in [1.29, 1.82) is 0 Å². The van der Waals surface area contributed by atoms with Gasteiger partial charge in [0.15, 0.2) is 0 Å². The lowest BCUT2D eigenvalue weighted by Crippen LogP contribution is -2.29. The number of hydrogen-bond donors (Lipinski definition) is 2. The van der Waals surface area contributed by atoms with Crippen LogP contribution in [0.25, 0.3) is 0 Å². The van der Waals surface area contributed by atoms with Crippen LogP contribution in [0.1, 0.15) is 12.8 Å². The molecule has 1 aliphatic rings. The molecule has 1 aromatic rings. The van der Waals surface area contributed by atoms with Gasteiger partial charge in [0.05, 0.1) is 18.0 Å². The minimum absolute atomic E-state index is 0. The van der Waals surface area contributed by atoms with Crippen LogP contribution in [0.3, 0.4) is 0 Å². The molecule has 10 heteroatoms. The maximum atomic E-state index is 12.2. The number of rotatable bonds is 4. The summed E-state index contributed by atoms with van der Waals surface area (Å²) in [4.78, 5) is 11.8. The lowest BCUT2D eigenvalue weighted by atomic mass is 10.2. The molecule has 0 aromatic carbocycles. The summed E-state index contributed by atoms with van der Waals surface area (Å²) in [5.41, 5.74) is 5.64. The molecule has 6 nitrogen and oxygen atoms in total. The fourth-order valence-corrected chi connectivity index (χ4v) is 1.99. The Morgan fingerprint density at radius 1 is 1.52 bits per heavy atom. The first-order valence-electron chi connectivity index (χ1n) is 6.13. The maximum Gasteiger partial charge on any atom is 0.408 e. The number of nitrogens with one attached hydrogen (secondary N) is 1. The Hall–Kier alpha value is -1.32. The number of anilines is 1. The van der Waals surface area contributed by atoms with Crippen molar-refractivity contribution in [3.05, 3.63) is 12.4 Å². The zero-order chi connectivity index (χ0) is 14.8. The second-order valence-electron chi connectivity index (χ2n) is 4.59. The van der Waals surface area contributed by atoms with Crippen molar-refractivity contribution in [3.63, 3.8) is 0 Å². The highest BCUT2D eigenvalue weighted by Gasteiger charge is 2.31. The molecule has 1 fully saturated rings. The Kier molecular flexibility index (Phi) is 5.99.